The summed E-state index contributed by atoms with van der Waals surface area (Å²) in [6.07, 6.45) is 7.39. The number of nitrogen functional groups attached to an aromatic ring is 1. The molecule has 6 heterocycles. The second kappa shape index (κ2) is 8.47. The lowest BCUT2D eigenvalue weighted by Crippen LogP contribution is -2.46. The van der Waals surface area contributed by atoms with E-state index in [1.54, 1.807) is 12.3 Å². The maximum atomic E-state index is 13.0. The van der Waals surface area contributed by atoms with Crippen LogP contribution in [0.4, 0.5) is 5.82 Å². The highest BCUT2D eigenvalue weighted by Gasteiger charge is 2.45. The van der Waals surface area contributed by atoms with Crippen molar-refractivity contribution in [2.45, 2.75) is 50.6 Å². The van der Waals surface area contributed by atoms with Crippen LogP contribution in [0.3, 0.4) is 0 Å². The highest BCUT2D eigenvalue weighted by atomic mass is 16.4. The van der Waals surface area contributed by atoms with Gasteiger partial charge in [0, 0.05) is 35.3 Å². The average molecular weight is 502 g/mol. The minimum Gasteiger partial charge on any atom is -0.477 e. The molecule has 0 saturated carbocycles. The van der Waals surface area contributed by atoms with Gasteiger partial charge in [0.15, 0.2) is 11.4 Å². The van der Waals surface area contributed by atoms with Crippen LogP contribution in [-0.2, 0) is 0 Å². The number of Topliss-reactive ketones (excluding diaryl/α,β-unsaturated/α-hetero) is 1. The van der Waals surface area contributed by atoms with Crippen LogP contribution in [0.25, 0.3) is 16.8 Å². The van der Waals surface area contributed by atoms with Crippen LogP contribution in [-0.4, -0.2) is 74.5 Å². The summed E-state index contributed by atoms with van der Waals surface area (Å²) in [5.74, 6) is -1.17. The van der Waals surface area contributed by atoms with E-state index in [4.69, 9.17) is 15.8 Å². The summed E-state index contributed by atoms with van der Waals surface area (Å²) in [5, 5.41) is 21.1. The number of H-pyrrole nitrogens is 1. The number of rotatable bonds is 5. The molecule has 6 rings (SSSR count). The van der Waals surface area contributed by atoms with Gasteiger partial charge in [-0.25, -0.2) is 14.8 Å². The van der Waals surface area contributed by atoms with Gasteiger partial charge in [0.1, 0.15) is 17.8 Å². The van der Waals surface area contributed by atoms with Crippen LogP contribution in [0.1, 0.15) is 75.7 Å². The minimum atomic E-state index is -1.12. The Hall–Kier alpha value is -4.68. The number of piperidine rings is 1. The summed E-state index contributed by atoms with van der Waals surface area (Å²) >= 11 is 0. The molecule has 0 radical (unpaired) electrons. The van der Waals surface area contributed by atoms with E-state index in [1.807, 2.05) is 4.90 Å². The van der Waals surface area contributed by atoms with Crippen molar-refractivity contribution in [1.82, 2.24) is 39.7 Å². The van der Waals surface area contributed by atoms with Crippen molar-refractivity contribution < 1.29 is 19.5 Å². The molecule has 3 atom stereocenters. The number of amides is 1. The fourth-order valence-corrected chi connectivity index (χ4v) is 5.74. The predicted molar refractivity (Wildman–Crippen MR) is 129 cm³/mol. The van der Waals surface area contributed by atoms with Crippen molar-refractivity contribution in [3.8, 4) is 11.1 Å². The van der Waals surface area contributed by atoms with E-state index in [-0.39, 0.29) is 47.0 Å². The SMILES string of the molecule is CC(=O)c1c([C@@H]2C[C@H]3CC[C@@H](C2)N3C(=O)c2nnc[nH]2)nc2c(-c3ccc(C(=O)O)nc3)cnn2c1N. The molecule has 13 heteroatoms. The lowest BCUT2D eigenvalue weighted by molar-refractivity contribution is 0.0555. The minimum absolute atomic E-state index is 0.0162. The number of hydrogen-bond acceptors (Lipinski definition) is 9. The van der Waals surface area contributed by atoms with Crippen molar-refractivity contribution in [2.75, 3.05) is 5.73 Å². The van der Waals surface area contributed by atoms with E-state index >= 15 is 0 Å². The van der Waals surface area contributed by atoms with Gasteiger partial charge in [-0.05, 0) is 38.7 Å². The summed E-state index contributed by atoms with van der Waals surface area (Å²) in [4.78, 5) is 50.6. The molecule has 2 saturated heterocycles. The van der Waals surface area contributed by atoms with Crippen molar-refractivity contribution in [1.29, 1.82) is 0 Å². The Morgan fingerprint density at radius 3 is 2.49 bits per heavy atom. The fraction of sp³-hybridized carbons (Fsp3) is 0.333. The van der Waals surface area contributed by atoms with E-state index in [2.05, 4.69) is 25.3 Å². The largest absolute Gasteiger partial charge is 0.477 e. The van der Waals surface area contributed by atoms with Gasteiger partial charge in [0.25, 0.3) is 5.91 Å². The second-order valence-corrected chi connectivity index (χ2v) is 9.45. The van der Waals surface area contributed by atoms with E-state index in [1.165, 1.54) is 30.0 Å². The highest BCUT2D eigenvalue weighted by Crippen LogP contribution is 2.45. The Bertz CT molecular complexity index is 1530. The Labute approximate surface area is 209 Å². The summed E-state index contributed by atoms with van der Waals surface area (Å²) in [5.41, 5.74) is 9.02. The molecule has 0 spiro atoms. The van der Waals surface area contributed by atoms with Crippen LogP contribution in [0, 0.1) is 0 Å². The summed E-state index contributed by atoms with van der Waals surface area (Å²) in [6, 6.07) is 3.02. The zero-order valence-corrected chi connectivity index (χ0v) is 19.8. The summed E-state index contributed by atoms with van der Waals surface area (Å²) in [6.45, 7) is 1.46. The molecule has 2 aliphatic heterocycles. The Kier molecular flexibility index (Phi) is 5.21. The standard InChI is InChI=1S/C24H23N9O4/c1-11(34)18-19(13-6-14-3-4-15(7-13)32(14)23(35)21-27-10-28-31-21)30-22-16(9-29-33(22)20(18)25)12-2-5-17(24(36)37)26-8-12/h2,5,8-10,13-15H,3-4,6-7,25H2,1H3,(H,36,37)(H,27,28,31)/t13-,14-,15+. The number of carbonyl (C=O) groups is 3. The van der Waals surface area contributed by atoms with E-state index in [0.29, 0.717) is 40.9 Å². The third-order valence-corrected chi connectivity index (χ3v) is 7.33. The van der Waals surface area contributed by atoms with Crippen LogP contribution in [0.5, 0.6) is 0 Å². The molecule has 1 amide bonds. The Balaban J connectivity index is 1.40. The molecule has 37 heavy (non-hydrogen) atoms. The van der Waals surface area contributed by atoms with Crippen molar-refractivity contribution >= 4 is 29.1 Å². The maximum absolute atomic E-state index is 13.0. The summed E-state index contributed by atoms with van der Waals surface area (Å²) < 4.78 is 1.43. The van der Waals surface area contributed by atoms with Crippen molar-refractivity contribution in [2.24, 2.45) is 0 Å². The highest BCUT2D eigenvalue weighted by molar-refractivity contribution is 6.00. The van der Waals surface area contributed by atoms with E-state index in [0.717, 1.165) is 12.8 Å². The van der Waals surface area contributed by atoms with E-state index in [9.17, 15) is 14.4 Å². The van der Waals surface area contributed by atoms with Gasteiger partial charge in [-0.1, -0.05) is 6.07 Å². The first-order valence-electron chi connectivity index (χ1n) is 11.9. The van der Waals surface area contributed by atoms with Gasteiger partial charge >= 0.3 is 5.97 Å². The first-order valence-corrected chi connectivity index (χ1v) is 11.9. The van der Waals surface area contributed by atoms with Gasteiger partial charge in [-0.15, -0.1) is 10.2 Å². The number of carboxylic acids is 1. The van der Waals surface area contributed by atoms with Crippen LogP contribution in [0.15, 0.2) is 30.9 Å². The van der Waals surface area contributed by atoms with Crippen LogP contribution >= 0.6 is 0 Å². The molecule has 0 aliphatic carbocycles. The first kappa shape index (κ1) is 22.8. The normalized spacial score (nSPS) is 20.9. The number of fused-ring (bicyclic) bond motifs is 3. The monoisotopic (exact) mass is 501 g/mol. The topological polar surface area (TPSA) is 185 Å². The molecule has 188 valence electrons. The number of aromatic amines is 1. The van der Waals surface area contributed by atoms with Crippen molar-refractivity contribution in [3.63, 3.8) is 0 Å². The molecule has 4 N–H and O–H groups in total. The van der Waals surface area contributed by atoms with E-state index < -0.39 is 5.97 Å². The lowest BCUT2D eigenvalue weighted by Gasteiger charge is -2.38. The molecule has 4 aromatic rings. The molecule has 2 aliphatic rings. The quantitative estimate of drug-likeness (QED) is 0.341. The molecule has 4 aromatic heterocycles. The number of carboxylic acid groups (broad SMARTS) is 1. The zero-order valence-electron chi connectivity index (χ0n) is 19.8. The van der Waals surface area contributed by atoms with Gasteiger partial charge < -0.3 is 20.7 Å². The first-order chi connectivity index (χ1) is 17.8. The molecular formula is C24H23N9O4. The predicted octanol–water partition coefficient (Wildman–Crippen LogP) is 1.94. The number of pyridine rings is 1. The van der Waals surface area contributed by atoms with Gasteiger partial charge in [-0.2, -0.15) is 9.61 Å². The number of nitrogens with zero attached hydrogens (tertiary/aromatic N) is 7. The van der Waals surface area contributed by atoms with Crippen molar-refractivity contribution in [3.05, 3.63) is 53.6 Å². The molecular weight excluding hydrogens is 478 g/mol. The number of carbonyl (C=O) groups excluding carboxylic acids is 2. The van der Waals surface area contributed by atoms with Gasteiger partial charge in [-0.3, -0.25) is 9.59 Å². The average Bonchev–Trinajstić information content (AvgIpc) is 3.62. The molecule has 0 unspecified atom stereocenters. The molecule has 2 fully saturated rings. The number of aromatic nitrogens is 7. The third-order valence-electron chi connectivity index (χ3n) is 7.33. The van der Waals surface area contributed by atoms with Gasteiger partial charge in [0.05, 0.1) is 17.5 Å². The lowest BCUT2D eigenvalue weighted by atomic mass is 9.85. The van der Waals surface area contributed by atoms with Crippen LogP contribution in [0.2, 0.25) is 0 Å². The smallest absolute Gasteiger partial charge is 0.354 e. The second-order valence-electron chi connectivity index (χ2n) is 9.45. The Morgan fingerprint density at radius 2 is 1.89 bits per heavy atom. The number of anilines is 1. The number of hydrogen-bond donors (Lipinski definition) is 3. The third kappa shape index (κ3) is 3.61. The number of nitrogens with one attached hydrogen (secondary N) is 1. The number of aromatic carboxylic acids is 1. The molecule has 0 aromatic carbocycles. The number of ketones is 1. The van der Waals surface area contributed by atoms with Crippen LogP contribution < -0.4 is 5.73 Å². The maximum Gasteiger partial charge on any atom is 0.354 e. The van der Waals surface area contributed by atoms with Gasteiger partial charge in [0.2, 0.25) is 5.82 Å². The Morgan fingerprint density at radius 1 is 1.14 bits per heavy atom. The summed E-state index contributed by atoms with van der Waals surface area (Å²) in [7, 11) is 0. The fourth-order valence-electron chi connectivity index (χ4n) is 5.74. The molecule has 2 bridgehead atoms. The zero-order chi connectivity index (χ0) is 25.8. The molecule has 13 nitrogen and oxygen atoms in total. The number of nitrogens with two attached hydrogens (primary N) is 1.